The van der Waals surface area contributed by atoms with Gasteiger partial charge in [0.2, 0.25) is 5.91 Å². The number of rotatable bonds is 6. The van der Waals surface area contributed by atoms with E-state index in [4.69, 9.17) is 0 Å². The first-order valence-electron chi connectivity index (χ1n) is 7.08. The zero-order chi connectivity index (χ0) is 15.2. The summed E-state index contributed by atoms with van der Waals surface area (Å²) in [6, 6.07) is 11.7. The summed E-state index contributed by atoms with van der Waals surface area (Å²) in [6.07, 6.45) is 5.48. The molecule has 5 nitrogen and oxygen atoms in total. The Morgan fingerprint density at radius 2 is 2.09 bits per heavy atom. The summed E-state index contributed by atoms with van der Waals surface area (Å²) in [5.41, 5.74) is 1.71. The van der Waals surface area contributed by atoms with Gasteiger partial charge < -0.3 is 5.32 Å². The van der Waals surface area contributed by atoms with Gasteiger partial charge in [-0.15, -0.1) is 11.3 Å². The van der Waals surface area contributed by atoms with Crippen molar-refractivity contribution < 1.29 is 4.79 Å². The molecular weight excluding hydrogens is 296 g/mol. The van der Waals surface area contributed by atoms with Crippen LogP contribution in [-0.2, 0) is 11.2 Å². The van der Waals surface area contributed by atoms with Crippen molar-refractivity contribution in [3.05, 3.63) is 59.3 Å². The SMILES string of the molecule is O=C(CCCc1cccs1)Nc1ccc(-n2cncn2)cc1. The highest BCUT2D eigenvalue weighted by molar-refractivity contribution is 7.09. The van der Waals surface area contributed by atoms with Gasteiger partial charge in [-0.2, -0.15) is 5.10 Å². The van der Waals surface area contributed by atoms with E-state index in [9.17, 15) is 4.79 Å². The average Bonchev–Trinajstić information content (AvgIpc) is 3.21. The molecule has 112 valence electrons. The van der Waals surface area contributed by atoms with Gasteiger partial charge in [-0.1, -0.05) is 6.07 Å². The van der Waals surface area contributed by atoms with Crippen LogP contribution in [0.1, 0.15) is 17.7 Å². The topological polar surface area (TPSA) is 59.8 Å². The largest absolute Gasteiger partial charge is 0.326 e. The van der Waals surface area contributed by atoms with Gasteiger partial charge in [0.15, 0.2) is 0 Å². The van der Waals surface area contributed by atoms with Crippen LogP contribution in [0.15, 0.2) is 54.4 Å². The van der Waals surface area contributed by atoms with Crippen molar-refractivity contribution >= 4 is 22.9 Å². The molecular formula is C16H16N4OS. The molecule has 22 heavy (non-hydrogen) atoms. The van der Waals surface area contributed by atoms with Crippen LogP contribution in [0.4, 0.5) is 5.69 Å². The monoisotopic (exact) mass is 312 g/mol. The number of carbonyl (C=O) groups is 1. The highest BCUT2D eigenvalue weighted by Gasteiger charge is 2.04. The minimum absolute atomic E-state index is 0.0464. The smallest absolute Gasteiger partial charge is 0.224 e. The van der Waals surface area contributed by atoms with Crippen molar-refractivity contribution in [3.63, 3.8) is 0 Å². The van der Waals surface area contributed by atoms with Crippen molar-refractivity contribution in [2.75, 3.05) is 5.32 Å². The molecule has 1 N–H and O–H groups in total. The molecule has 3 aromatic rings. The lowest BCUT2D eigenvalue weighted by Crippen LogP contribution is -2.11. The average molecular weight is 312 g/mol. The minimum atomic E-state index is 0.0464. The first-order valence-corrected chi connectivity index (χ1v) is 7.96. The van der Waals surface area contributed by atoms with E-state index < -0.39 is 0 Å². The number of nitrogens with one attached hydrogen (secondary N) is 1. The first-order chi connectivity index (χ1) is 10.8. The van der Waals surface area contributed by atoms with Gasteiger partial charge in [0.05, 0.1) is 5.69 Å². The molecule has 3 rings (SSSR count). The van der Waals surface area contributed by atoms with Crippen LogP contribution in [0.25, 0.3) is 5.69 Å². The molecule has 0 aliphatic heterocycles. The summed E-state index contributed by atoms with van der Waals surface area (Å²) in [6.45, 7) is 0. The predicted molar refractivity (Wildman–Crippen MR) is 87.2 cm³/mol. The Morgan fingerprint density at radius 1 is 1.23 bits per heavy atom. The Labute approximate surface area is 132 Å². The Morgan fingerprint density at radius 3 is 2.77 bits per heavy atom. The normalized spacial score (nSPS) is 10.5. The molecule has 1 amide bonds. The van der Waals surface area contributed by atoms with Crippen molar-refractivity contribution in [3.8, 4) is 5.69 Å². The molecule has 0 radical (unpaired) electrons. The Balaban J connectivity index is 1.49. The van der Waals surface area contributed by atoms with E-state index >= 15 is 0 Å². The fourth-order valence-electron chi connectivity index (χ4n) is 2.14. The van der Waals surface area contributed by atoms with Crippen molar-refractivity contribution in [1.82, 2.24) is 14.8 Å². The highest BCUT2D eigenvalue weighted by atomic mass is 32.1. The van der Waals surface area contributed by atoms with E-state index in [1.165, 1.54) is 11.2 Å². The number of nitrogens with zero attached hydrogens (tertiary/aromatic N) is 3. The van der Waals surface area contributed by atoms with Crippen LogP contribution in [-0.4, -0.2) is 20.7 Å². The van der Waals surface area contributed by atoms with Gasteiger partial charge in [-0.05, 0) is 48.6 Å². The van der Waals surface area contributed by atoms with Crippen LogP contribution < -0.4 is 5.32 Å². The van der Waals surface area contributed by atoms with Crippen LogP contribution in [0, 0.1) is 0 Å². The maximum Gasteiger partial charge on any atom is 0.224 e. The van der Waals surface area contributed by atoms with Gasteiger partial charge in [-0.25, -0.2) is 9.67 Å². The highest BCUT2D eigenvalue weighted by Crippen LogP contribution is 2.14. The number of anilines is 1. The number of amides is 1. The quantitative estimate of drug-likeness (QED) is 0.760. The van der Waals surface area contributed by atoms with Gasteiger partial charge in [0, 0.05) is 17.0 Å². The number of carbonyl (C=O) groups excluding carboxylic acids is 1. The van der Waals surface area contributed by atoms with Crippen LogP contribution >= 0.6 is 11.3 Å². The van der Waals surface area contributed by atoms with E-state index in [-0.39, 0.29) is 5.91 Å². The zero-order valence-corrected chi connectivity index (χ0v) is 12.8. The molecule has 0 bridgehead atoms. The summed E-state index contributed by atoms with van der Waals surface area (Å²) >= 11 is 1.73. The molecule has 0 unspecified atom stereocenters. The lowest BCUT2D eigenvalue weighted by molar-refractivity contribution is -0.116. The lowest BCUT2D eigenvalue weighted by Gasteiger charge is -2.06. The fourth-order valence-corrected chi connectivity index (χ4v) is 2.89. The molecule has 0 spiro atoms. The number of hydrogen-bond acceptors (Lipinski definition) is 4. The van der Waals surface area contributed by atoms with Gasteiger partial charge in [0.1, 0.15) is 12.7 Å². The predicted octanol–water partition coefficient (Wildman–Crippen LogP) is 3.29. The number of thiophene rings is 1. The third kappa shape index (κ3) is 3.79. The summed E-state index contributed by atoms with van der Waals surface area (Å²) < 4.78 is 1.67. The molecule has 0 atom stereocenters. The second kappa shape index (κ2) is 7.00. The molecule has 6 heteroatoms. The van der Waals surface area contributed by atoms with Crippen LogP contribution in [0.5, 0.6) is 0 Å². The summed E-state index contributed by atoms with van der Waals surface area (Å²) in [5.74, 6) is 0.0464. The van der Waals surface area contributed by atoms with Gasteiger partial charge in [-0.3, -0.25) is 4.79 Å². The molecule has 0 aliphatic carbocycles. The molecule has 0 fully saturated rings. The van der Waals surface area contributed by atoms with E-state index in [0.29, 0.717) is 6.42 Å². The van der Waals surface area contributed by atoms with Crippen molar-refractivity contribution in [1.29, 1.82) is 0 Å². The molecule has 0 saturated carbocycles. The maximum atomic E-state index is 11.9. The maximum absolute atomic E-state index is 11.9. The fraction of sp³-hybridized carbons (Fsp3) is 0.188. The number of aromatic nitrogens is 3. The summed E-state index contributed by atoms with van der Waals surface area (Å²) in [5, 5.41) is 9.04. The second-order valence-electron chi connectivity index (χ2n) is 4.87. The summed E-state index contributed by atoms with van der Waals surface area (Å²) in [4.78, 5) is 17.2. The van der Waals surface area contributed by atoms with Crippen molar-refractivity contribution in [2.24, 2.45) is 0 Å². The Hall–Kier alpha value is -2.47. The first kappa shape index (κ1) is 14.5. The van der Waals surface area contributed by atoms with E-state index in [1.807, 2.05) is 30.3 Å². The number of aryl methyl sites for hydroxylation is 1. The number of benzene rings is 1. The van der Waals surface area contributed by atoms with E-state index in [1.54, 1.807) is 22.3 Å². The molecule has 2 aromatic heterocycles. The minimum Gasteiger partial charge on any atom is -0.326 e. The zero-order valence-electron chi connectivity index (χ0n) is 12.0. The Kier molecular flexibility index (Phi) is 4.60. The Bertz CT molecular complexity index is 705. The molecule has 0 saturated heterocycles. The van der Waals surface area contributed by atoms with E-state index in [0.717, 1.165) is 24.2 Å². The van der Waals surface area contributed by atoms with Crippen LogP contribution in [0.3, 0.4) is 0 Å². The third-order valence-corrected chi connectivity index (χ3v) is 4.18. The second-order valence-corrected chi connectivity index (χ2v) is 5.90. The molecule has 1 aromatic carbocycles. The molecule has 0 aliphatic rings. The molecule has 2 heterocycles. The van der Waals surface area contributed by atoms with Gasteiger partial charge in [0.25, 0.3) is 0 Å². The van der Waals surface area contributed by atoms with Gasteiger partial charge >= 0.3 is 0 Å². The van der Waals surface area contributed by atoms with Crippen LogP contribution in [0.2, 0.25) is 0 Å². The van der Waals surface area contributed by atoms with Crippen molar-refractivity contribution in [2.45, 2.75) is 19.3 Å². The lowest BCUT2D eigenvalue weighted by atomic mass is 10.2. The number of hydrogen-bond donors (Lipinski definition) is 1. The summed E-state index contributed by atoms with van der Waals surface area (Å²) in [7, 11) is 0. The standard InChI is InChI=1S/C16H16N4OS/c21-16(5-1-3-15-4-2-10-22-15)19-13-6-8-14(9-7-13)20-12-17-11-18-20/h2,4,6-12H,1,3,5H2,(H,19,21). The van der Waals surface area contributed by atoms with E-state index in [2.05, 4.69) is 26.8 Å². The third-order valence-electron chi connectivity index (χ3n) is 3.24.